The van der Waals surface area contributed by atoms with E-state index in [9.17, 15) is 9.50 Å². The van der Waals surface area contributed by atoms with Gasteiger partial charge in [-0.15, -0.1) is 0 Å². The van der Waals surface area contributed by atoms with E-state index >= 15 is 0 Å². The first-order chi connectivity index (χ1) is 18.3. The van der Waals surface area contributed by atoms with Gasteiger partial charge in [-0.2, -0.15) is 5.10 Å². The van der Waals surface area contributed by atoms with Crippen LogP contribution in [0.5, 0.6) is 0 Å². The van der Waals surface area contributed by atoms with E-state index in [2.05, 4.69) is 34.8 Å². The number of hydrogen-bond donors (Lipinski definition) is 3. The second-order valence-electron chi connectivity index (χ2n) is 9.56. The predicted molar refractivity (Wildman–Crippen MR) is 144 cm³/mol. The molecule has 4 heterocycles. The highest BCUT2D eigenvalue weighted by Crippen LogP contribution is 2.31. The lowest BCUT2D eigenvalue weighted by Crippen LogP contribution is -2.49. The highest BCUT2D eigenvalue weighted by Gasteiger charge is 2.29. The molecule has 4 aromatic rings. The number of aliphatic imine (C=N–C) groups is 1. The Bertz CT molecular complexity index is 1460. The number of aryl methyl sites for hydroxylation is 2. The van der Waals surface area contributed by atoms with Gasteiger partial charge >= 0.3 is 0 Å². The topological polar surface area (TPSA) is 122 Å². The molecule has 196 valence electrons. The minimum absolute atomic E-state index is 0.341. The lowest BCUT2D eigenvalue weighted by Gasteiger charge is -2.36. The number of aromatic nitrogens is 5. The summed E-state index contributed by atoms with van der Waals surface area (Å²) in [5, 5.41) is 23.0. The van der Waals surface area contributed by atoms with Crippen LogP contribution in [0.1, 0.15) is 29.3 Å². The van der Waals surface area contributed by atoms with Gasteiger partial charge in [-0.25, -0.2) is 19.4 Å². The Labute approximate surface area is 220 Å². The summed E-state index contributed by atoms with van der Waals surface area (Å²) >= 11 is 0. The molecule has 3 aromatic heterocycles. The van der Waals surface area contributed by atoms with Crippen molar-refractivity contribution in [1.29, 1.82) is 5.41 Å². The number of hydrogen-bond acceptors (Lipinski definition) is 6. The van der Waals surface area contributed by atoms with Crippen LogP contribution < -0.4 is 4.90 Å². The standard InChI is InChI=1S/C27H30FN9O/c1-18-10-22(28)4-5-23(18)27(2,38)21-14-31-26(32-15-21)37-8-6-36(7-9-37)25(33-17-29)24-11-19(12-30-24)20-13-34-35(3)16-20/h4-5,10-17,29-30,38H,6-9H2,1-3H3/t27-/m1/s1. The molecule has 38 heavy (non-hydrogen) atoms. The Kier molecular flexibility index (Phi) is 6.77. The van der Waals surface area contributed by atoms with Gasteiger partial charge in [0, 0.05) is 74.7 Å². The maximum Gasteiger partial charge on any atom is 0.225 e. The first-order valence-electron chi connectivity index (χ1n) is 12.3. The molecule has 1 aliphatic rings. The van der Waals surface area contributed by atoms with E-state index in [4.69, 9.17) is 5.41 Å². The van der Waals surface area contributed by atoms with Gasteiger partial charge < -0.3 is 19.9 Å². The molecule has 1 fully saturated rings. The minimum Gasteiger partial charge on any atom is -0.381 e. The zero-order chi connectivity index (χ0) is 26.9. The Morgan fingerprint density at radius 2 is 1.87 bits per heavy atom. The normalized spacial score (nSPS) is 16.0. The number of aromatic amines is 1. The van der Waals surface area contributed by atoms with Crippen LogP contribution in [0.25, 0.3) is 11.1 Å². The Balaban J connectivity index is 1.27. The van der Waals surface area contributed by atoms with Gasteiger partial charge in [0.25, 0.3) is 0 Å². The number of amidine groups is 1. The number of rotatable bonds is 6. The summed E-state index contributed by atoms with van der Waals surface area (Å²) in [7, 11) is 1.88. The minimum atomic E-state index is -1.35. The lowest BCUT2D eigenvalue weighted by molar-refractivity contribution is 0.101. The van der Waals surface area contributed by atoms with Crippen LogP contribution >= 0.6 is 0 Å². The van der Waals surface area contributed by atoms with E-state index in [1.54, 1.807) is 37.0 Å². The van der Waals surface area contributed by atoms with Crippen molar-refractivity contribution in [2.75, 3.05) is 31.1 Å². The largest absolute Gasteiger partial charge is 0.381 e. The van der Waals surface area contributed by atoms with E-state index in [1.807, 2.05) is 31.7 Å². The Hall–Kier alpha value is -4.38. The maximum absolute atomic E-state index is 13.5. The third kappa shape index (κ3) is 4.92. The summed E-state index contributed by atoms with van der Waals surface area (Å²) in [6.45, 7) is 6.11. The van der Waals surface area contributed by atoms with Crippen molar-refractivity contribution >= 4 is 18.1 Å². The van der Waals surface area contributed by atoms with Crippen LogP contribution in [-0.4, -0.2) is 73.1 Å². The van der Waals surface area contributed by atoms with Crippen molar-refractivity contribution in [1.82, 2.24) is 29.6 Å². The first-order valence-corrected chi connectivity index (χ1v) is 12.3. The number of H-pyrrole nitrogens is 1. The molecule has 0 amide bonds. The van der Waals surface area contributed by atoms with Crippen LogP contribution in [-0.2, 0) is 12.6 Å². The van der Waals surface area contributed by atoms with Gasteiger partial charge in [0.15, 0.2) is 5.84 Å². The Morgan fingerprint density at radius 3 is 2.50 bits per heavy atom. The summed E-state index contributed by atoms with van der Waals surface area (Å²) in [5.41, 5.74) is 3.29. The van der Waals surface area contributed by atoms with Crippen molar-refractivity contribution in [3.05, 3.63) is 83.5 Å². The number of piperazine rings is 1. The fourth-order valence-electron chi connectivity index (χ4n) is 4.83. The van der Waals surface area contributed by atoms with Gasteiger partial charge in [0.2, 0.25) is 5.95 Å². The molecule has 0 aliphatic carbocycles. The molecule has 0 radical (unpaired) electrons. The van der Waals surface area contributed by atoms with Crippen molar-refractivity contribution < 1.29 is 9.50 Å². The van der Waals surface area contributed by atoms with Crippen LogP contribution in [0.3, 0.4) is 0 Å². The molecular formula is C27H30FN9O. The van der Waals surface area contributed by atoms with Crippen LogP contribution in [0.15, 0.2) is 60.2 Å². The molecule has 11 heteroatoms. The van der Waals surface area contributed by atoms with Gasteiger partial charge in [-0.3, -0.25) is 10.1 Å². The van der Waals surface area contributed by atoms with E-state index < -0.39 is 5.60 Å². The molecule has 10 nitrogen and oxygen atoms in total. The molecule has 5 rings (SSSR count). The smallest absolute Gasteiger partial charge is 0.225 e. The fraction of sp³-hybridized carbons (Fsp3) is 0.296. The molecule has 3 N–H and O–H groups in total. The van der Waals surface area contributed by atoms with Crippen molar-refractivity contribution in [2.45, 2.75) is 19.4 Å². The van der Waals surface area contributed by atoms with E-state index in [0.717, 1.165) is 23.2 Å². The average molecular weight is 516 g/mol. The SMILES string of the molecule is Cc1cc(F)ccc1[C@](C)(O)c1cnc(N2CCN(C(=NC=N)c3cc(-c4cnn(C)c4)c[nH]3)CC2)nc1. The van der Waals surface area contributed by atoms with Gasteiger partial charge in [-0.05, 0) is 43.2 Å². The number of halogens is 1. The Morgan fingerprint density at radius 1 is 1.13 bits per heavy atom. The number of aliphatic hydroxyl groups is 1. The highest BCUT2D eigenvalue weighted by atomic mass is 19.1. The first kappa shape index (κ1) is 25.3. The van der Waals surface area contributed by atoms with Gasteiger partial charge in [0.05, 0.1) is 11.9 Å². The molecule has 0 spiro atoms. The van der Waals surface area contributed by atoms with Crippen molar-refractivity contribution in [2.24, 2.45) is 12.0 Å². The van der Waals surface area contributed by atoms with E-state index in [-0.39, 0.29) is 5.82 Å². The summed E-state index contributed by atoms with van der Waals surface area (Å²) in [5.74, 6) is 0.938. The number of benzene rings is 1. The van der Waals surface area contributed by atoms with Crippen LogP contribution in [0.2, 0.25) is 0 Å². The molecule has 1 atom stereocenters. The summed E-state index contributed by atoms with van der Waals surface area (Å²) < 4.78 is 15.3. The van der Waals surface area contributed by atoms with Crippen LogP contribution in [0, 0.1) is 18.2 Å². The third-order valence-electron chi connectivity index (χ3n) is 6.92. The quantitative estimate of drug-likeness (QED) is 0.268. The zero-order valence-corrected chi connectivity index (χ0v) is 21.6. The molecule has 1 aliphatic heterocycles. The lowest BCUT2D eigenvalue weighted by atomic mass is 9.87. The zero-order valence-electron chi connectivity index (χ0n) is 21.6. The van der Waals surface area contributed by atoms with Gasteiger partial charge in [-0.1, -0.05) is 6.07 Å². The molecule has 0 saturated carbocycles. The summed E-state index contributed by atoms with van der Waals surface area (Å²) in [6, 6.07) is 6.35. The molecule has 1 aromatic carbocycles. The average Bonchev–Trinajstić information content (AvgIpc) is 3.56. The molecule has 0 bridgehead atoms. The summed E-state index contributed by atoms with van der Waals surface area (Å²) in [6.07, 6.45) is 9.98. The maximum atomic E-state index is 13.5. The molecule has 1 saturated heterocycles. The predicted octanol–water partition coefficient (Wildman–Crippen LogP) is 3.08. The number of nitrogens with zero attached hydrogens (tertiary/aromatic N) is 7. The van der Waals surface area contributed by atoms with Crippen LogP contribution in [0.4, 0.5) is 10.3 Å². The van der Waals surface area contributed by atoms with Crippen molar-refractivity contribution in [3.8, 4) is 11.1 Å². The number of anilines is 1. The van der Waals surface area contributed by atoms with E-state index in [0.29, 0.717) is 54.7 Å². The highest BCUT2D eigenvalue weighted by molar-refractivity contribution is 6.01. The van der Waals surface area contributed by atoms with E-state index in [1.165, 1.54) is 12.1 Å². The van der Waals surface area contributed by atoms with Gasteiger partial charge in [0.1, 0.15) is 17.8 Å². The molecular weight excluding hydrogens is 485 g/mol. The number of nitrogens with one attached hydrogen (secondary N) is 2. The third-order valence-corrected chi connectivity index (χ3v) is 6.92. The second-order valence-corrected chi connectivity index (χ2v) is 9.56. The summed E-state index contributed by atoms with van der Waals surface area (Å²) in [4.78, 5) is 20.9. The molecule has 0 unspecified atom stereocenters. The monoisotopic (exact) mass is 515 g/mol. The fourth-order valence-corrected chi connectivity index (χ4v) is 4.83. The second kappa shape index (κ2) is 10.2. The van der Waals surface area contributed by atoms with Crippen molar-refractivity contribution in [3.63, 3.8) is 0 Å².